The summed E-state index contributed by atoms with van der Waals surface area (Å²) in [4.78, 5) is 3.35. The molecule has 0 aliphatic carbocycles. The molecule has 0 fully saturated rings. The average Bonchev–Trinajstić information content (AvgIpc) is 2.97. The van der Waals surface area contributed by atoms with Crippen molar-refractivity contribution in [2.75, 3.05) is 0 Å². The number of benzene rings is 2. The maximum absolute atomic E-state index is 12.4. The summed E-state index contributed by atoms with van der Waals surface area (Å²) in [5, 5.41) is 9.89. The lowest BCUT2D eigenvalue weighted by Crippen LogP contribution is -2.34. The van der Waals surface area contributed by atoms with Crippen molar-refractivity contribution in [3.8, 4) is 6.07 Å². The van der Waals surface area contributed by atoms with Crippen molar-refractivity contribution in [1.82, 2.24) is 9.71 Å². The molecule has 0 saturated carbocycles. The van der Waals surface area contributed by atoms with Gasteiger partial charge < -0.3 is 4.98 Å². The number of aromatic nitrogens is 1. The van der Waals surface area contributed by atoms with Gasteiger partial charge in [-0.1, -0.05) is 18.2 Å². The molecule has 5 nitrogen and oxygen atoms in total. The molecule has 2 N–H and O–H groups in total. The molecular formula is C18H17N3O2S. The Kier molecular flexibility index (Phi) is 4.38. The van der Waals surface area contributed by atoms with E-state index >= 15 is 0 Å². The van der Waals surface area contributed by atoms with Gasteiger partial charge in [-0.2, -0.15) is 5.26 Å². The van der Waals surface area contributed by atoms with Crippen LogP contribution in [0.3, 0.4) is 0 Å². The summed E-state index contributed by atoms with van der Waals surface area (Å²) < 4.78 is 27.6. The Morgan fingerprint density at radius 1 is 1.17 bits per heavy atom. The van der Waals surface area contributed by atoms with Crippen molar-refractivity contribution in [1.29, 1.82) is 5.26 Å². The molecule has 0 bridgehead atoms. The first kappa shape index (κ1) is 16.2. The third-order valence-corrected chi connectivity index (χ3v) is 5.46. The van der Waals surface area contributed by atoms with Crippen molar-refractivity contribution in [2.45, 2.75) is 24.3 Å². The topological polar surface area (TPSA) is 85.8 Å². The summed E-state index contributed by atoms with van der Waals surface area (Å²) in [6, 6.07) is 15.5. The van der Waals surface area contributed by atoms with Gasteiger partial charge in [-0.3, -0.25) is 0 Å². The van der Waals surface area contributed by atoms with Crippen LogP contribution in [0, 0.1) is 11.3 Å². The fourth-order valence-electron chi connectivity index (χ4n) is 2.71. The van der Waals surface area contributed by atoms with Crippen LogP contribution in [-0.4, -0.2) is 19.4 Å². The van der Waals surface area contributed by atoms with E-state index in [1.807, 2.05) is 43.5 Å². The maximum Gasteiger partial charge on any atom is 0.240 e. The fourth-order valence-corrected chi connectivity index (χ4v) is 3.96. The van der Waals surface area contributed by atoms with Crippen LogP contribution < -0.4 is 4.72 Å². The normalized spacial score (nSPS) is 12.8. The third-order valence-electron chi connectivity index (χ3n) is 3.85. The Labute approximate surface area is 141 Å². The van der Waals surface area contributed by atoms with Gasteiger partial charge in [0.2, 0.25) is 10.0 Å². The van der Waals surface area contributed by atoms with Gasteiger partial charge in [0.05, 0.1) is 16.5 Å². The van der Waals surface area contributed by atoms with E-state index in [4.69, 9.17) is 5.26 Å². The number of aromatic amines is 1. The van der Waals surface area contributed by atoms with E-state index in [-0.39, 0.29) is 10.9 Å². The number of nitrogens with one attached hydrogen (secondary N) is 2. The highest BCUT2D eigenvalue weighted by molar-refractivity contribution is 7.89. The summed E-state index contributed by atoms with van der Waals surface area (Å²) in [5.74, 6) is 0. The molecular weight excluding hydrogens is 322 g/mol. The number of para-hydroxylation sites is 1. The number of nitriles is 1. The van der Waals surface area contributed by atoms with E-state index in [1.165, 1.54) is 24.3 Å². The average molecular weight is 339 g/mol. The largest absolute Gasteiger partial charge is 0.361 e. The molecule has 0 aliphatic rings. The molecule has 0 aliphatic heterocycles. The lowest BCUT2D eigenvalue weighted by Gasteiger charge is -2.14. The third kappa shape index (κ3) is 3.32. The van der Waals surface area contributed by atoms with Gasteiger partial charge in [-0.25, -0.2) is 13.1 Å². The molecule has 0 amide bonds. The molecule has 0 saturated heterocycles. The van der Waals surface area contributed by atoms with Crippen molar-refractivity contribution in [3.63, 3.8) is 0 Å². The second-order valence-corrected chi connectivity index (χ2v) is 7.44. The first-order valence-electron chi connectivity index (χ1n) is 7.57. The molecule has 1 aromatic heterocycles. The number of hydrogen-bond acceptors (Lipinski definition) is 3. The van der Waals surface area contributed by atoms with Gasteiger partial charge in [0.25, 0.3) is 0 Å². The lowest BCUT2D eigenvalue weighted by molar-refractivity contribution is 0.560. The van der Waals surface area contributed by atoms with Crippen molar-refractivity contribution in [2.24, 2.45) is 0 Å². The molecule has 1 atom stereocenters. The fraction of sp³-hybridized carbons (Fsp3) is 0.167. The minimum atomic E-state index is -3.61. The molecule has 3 rings (SSSR count). The predicted molar refractivity (Wildman–Crippen MR) is 92.9 cm³/mol. The molecule has 0 spiro atoms. The van der Waals surface area contributed by atoms with Gasteiger partial charge >= 0.3 is 0 Å². The number of rotatable bonds is 5. The van der Waals surface area contributed by atoms with Gasteiger partial charge in [-0.05, 0) is 49.2 Å². The van der Waals surface area contributed by atoms with Crippen molar-refractivity contribution >= 4 is 20.9 Å². The first-order chi connectivity index (χ1) is 11.5. The van der Waals surface area contributed by atoms with E-state index in [2.05, 4.69) is 9.71 Å². The molecule has 122 valence electrons. The Bertz CT molecular complexity index is 999. The van der Waals surface area contributed by atoms with E-state index < -0.39 is 10.0 Å². The zero-order valence-electron chi connectivity index (χ0n) is 13.2. The Morgan fingerprint density at radius 3 is 2.58 bits per heavy atom. The summed E-state index contributed by atoms with van der Waals surface area (Å²) in [7, 11) is -3.61. The number of fused-ring (bicyclic) bond motifs is 1. The van der Waals surface area contributed by atoms with Crippen molar-refractivity contribution < 1.29 is 8.42 Å². The SMILES string of the molecule is CC(Cc1c[nH]c2ccccc12)NS(=O)(=O)c1ccc(C#N)cc1. The maximum atomic E-state index is 12.4. The van der Waals surface area contributed by atoms with E-state index in [1.54, 1.807) is 0 Å². The standard InChI is InChI=1S/C18H17N3O2S/c1-13(10-15-12-20-18-5-3-2-4-17(15)18)21-24(22,23)16-8-6-14(11-19)7-9-16/h2-9,12-13,20-21H,10H2,1H3. The Morgan fingerprint density at radius 2 is 1.88 bits per heavy atom. The highest BCUT2D eigenvalue weighted by Gasteiger charge is 2.18. The van der Waals surface area contributed by atoms with Gasteiger partial charge in [0, 0.05) is 23.1 Å². The van der Waals surface area contributed by atoms with Crippen molar-refractivity contribution in [3.05, 3.63) is 65.9 Å². The minimum Gasteiger partial charge on any atom is -0.361 e. The highest BCUT2D eigenvalue weighted by atomic mass is 32.2. The van der Waals surface area contributed by atoms with Crippen LogP contribution in [0.1, 0.15) is 18.1 Å². The highest BCUT2D eigenvalue weighted by Crippen LogP contribution is 2.19. The van der Waals surface area contributed by atoms with E-state index in [0.717, 1.165) is 16.5 Å². The molecule has 1 unspecified atom stereocenters. The number of sulfonamides is 1. The van der Waals surface area contributed by atoms with Crippen LogP contribution in [-0.2, 0) is 16.4 Å². The van der Waals surface area contributed by atoms with E-state index in [9.17, 15) is 8.42 Å². The molecule has 0 radical (unpaired) electrons. The first-order valence-corrected chi connectivity index (χ1v) is 9.05. The van der Waals surface area contributed by atoms with E-state index in [0.29, 0.717) is 12.0 Å². The number of H-pyrrole nitrogens is 1. The molecule has 1 heterocycles. The number of nitrogens with zero attached hydrogens (tertiary/aromatic N) is 1. The monoisotopic (exact) mass is 339 g/mol. The molecule has 3 aromatic rings. The summed E-state index contributed by atoms with van der Waals surface area (Å²) >= 11 is 0. The van der Waals surface area contributed by atoms with Crippen LogP contribution in [0.25, 0.3) is 10.9 Å². The lowest BCUT2D eigenvalue weighted by atomic mass is 10.1. The smallest absolute Gasteiger partial charge is 0.240 e. The van der Waals surface area contributed by atoms with Gasteiger partial charge in [0.15, 0.2) is 0 Å². The Balaban J connectivity index is 1.75. The summed E-state index contributed by atoms with van der Waals surface area (Å²) in [5.41, 5.74) is 2.54. The predicted octanol–water partition coefficient (Wildman–Crippen LogP) is 2.95. The summed E-state index contributed by atoms with van der Waals surface area (Å²) in [6.45, 7) is 1.84. The quantitative estimate of drug-likeness (QED) is 0.749. The molecule has 24 heavy (non-hydrogen) atoms. The zero-order chi connectivity index (χ0) is 17.2. The van der Waals surface area contributed by atoms with Crippen LogP contribution in [0.15, 0.2) is 59.6 Å². The minimum absolute atomic E-state index is 0.160. The second-order valence-electron chi connectivity index (χ2n) is 5.72. The second kappa shape index (κ2) is 6.48. The zero-order valence-corrected chi connectivity index (χ0v) is 14.0. The van der Waals surface area contributed by atoms with Crippen LogP contribution >= 0.6 is 0 Å². The summed E-state index contributed by atoms with van der Waals surface area (Å²) in [6.07, 6.45) is 2.50. The van der Waals surface area contributed by atoms with Gasteiger partial charge in [0.1, 0.15) is 0 Å². The molecule has 2 aromatic carbocycles. The van der Waals surface area contributed by atoms with Crippen LogP contribution in [0.2, 0.25) is 0 Å². The van der Waals surface area contributed by atoms with Gasteiger partial charge in [-0.15, -0.1) is 0 Å². The molecule has 6 heteroatoms. The Hall–Kier alpha value is -2.62. The van der Waals surface area contributed by atoms with Crippen LogP contribution in [0.4, 0.5) is 0 Å². The van der Waals surface area contributed by atoms with Crippen LogP contribution in [0.5, 0.6) is 0 Å². The number of hydrogen-bond donors (Lipinski definition) is 2.